The molecule has 0 unspecified atom stereocenters. The Morgan fingerprint density at radius 2 is 1.83 bits per heavy atom. The van der Waals surface area contributed by atoms with Crippen LogP contribution in [0.3, 0.4) is 0 Å². The van der Waals surface area contributed by atoms with Crippen molar-refractivity contribution in [2.45, 2.75) is 26.7 Å². The number of hydrogen-bond acceptors (Lipinski definition) is 8. The van der Waals surface area contributed by atoms with Crippen LogP contribution < -0.4 is 16.0 Å². The maximum absolute atomic E-state index is 12.9. The van der Waals surface area contributed by atoms with Crippen LogP contribution in [0.2, 0.25) is 0 Å². The van der Waals surface area contributed by atoms with E-state index in [0.717, 1.165) is 25.2 Å². The number of carbonyl (C=O) groups is 1. The van der Waals surface area contributed by atoms with Crippen LogP contribution >= 0.6 is 0 Å². The Bertz CT molecular complexity index is 1210. The molecule has 0 spiro atoms. The first-order chi connectivity index (χ1) is 16.9. The molecule has 3 aromatic rings. The molecule has 1 aliphatic heterocycles. The lowest BCUT2D eigenvalue weighted by Gasteiger charge is -2.29. The topological polar surface area (TPSA) is 142 Å². The summed E-state index contributed by atoms with van der Waals surface area (Å²) in [7, 11) is 0. The number of phenolic OH excluding ortho intramolecular Hbond substituents is 1. The Morgan fingerprint density at radius 1 is 1.14 bits per heavy atom. The number of rotatable bonds is 8. The fourth-order valence-electron chi connectivity index (χ4n) is 4.04. The first-order valence-corrected chi connectivity index (χ1v) is 11.8. The summed E-state index contributed by atoms with van der Waals surface area (Å²) in [5, 5.41) is 30.3. The molecule has 184 valence electrons. The van der Waals surface area contributed by atoms with Gasteiger partial charge in [-0.3, -0.25) is 9.36 Å². The maximum Gasteiger partial charge on any atom is 0.289 e. The van der Waals surface area contributed by atoms with E-state index in [-0.39, 0.29) is 23.3 Å². The van der Waals surface area contributed by atoms with Crippen molar-refractivity contribution in [2.75, 3.05) is 43.5 Å². The van der Waals surface area contributed by atoms with Gasteiger partial charge in [0.2, 0.25) is 5.82 Å². The fraction of sp³-hybridized carbons (Fsp3) is 0.360. The van der Waals surface area contributed by atoms with E-state index in [0.29, 0.717) is 54.4 Å². The minimum atomic E-state index is -0.362. The highest BCUT2D eigenvalue weighted by Gasteiger charge is 2.24. The van der Waals surface area contributed by atoms with Crippen LogP contribution in [-0.2, 0) is 4.74 Å². The van der Waals surface area contributed by atoms with Crippen LogP contribution in [0, 0.1) is 5.41 Å². The molecule has 0 saturated carbocycles. The van der Waals surface area contributed by atoms with Gasteiger partial charge in [0.25, 0.3) is 5.91 Å². The number of nitrogens with zero attached hydrogens (tertiary/aromatic N) is 4. The number of nitrogens with one attached hydrogen (secondary N) is 2. The van der Waals surface area contributed by atoms with E-state index in [2.05, 4.69) is 20.4 Å². The summed E-state index contributed by atoms with van der Waals surface area (Å²) in [6.45, 7) is 7.33. The Hall–Kier alpha value is -3.92. The molecular weight excluding hydrogens is 446 g/mol. The summed E-state index contributed by atoms with van der Waals surface area (Å²) >= 11 is 0. The Balaban J connectivity index is 1.82. The van der Waals surface area contributed by atoms with Gasteiger partial charge in [-0.2, -0.15) is 0 Å². The lowest BCUT2D eigenvalue weighted by atomic mass is 10.0. The van der Waals surface area contributed by atoms with Gasteiger partial charge in [0.15, 0.2) is 5.82 Å². The standard InChI is InChI=1S/C25H31N7O3/c1-3-9-28-25(34)24-30-29-23(19-14-18(20(26)4-2)21(27)15-22(19)33)32(24)17-7-5-16(6-8-17)31-10-12-35-13-11-31/h5-8,14-15,26,33H,3-4,9-13,27H2,1-2H3,(H,28,34). The first-order valence-electron chi connectivity index (χ1n) is 11.8. The zero-order valence-corrected chi connectivity index (χ0v) is 20.0. The highest BCUT2D eigenvalue weighted by Crippen LogP contribution is 2.35. The van der Waals surface area contributed by atoms with Crippen molar-refractivity contribution in [3.05, 3.63) is 47.8 Å². The molecule has 0 aliphatic carbocycles. The van der Waals surface area contributed by atoms with Crippen LogP contribution in [0.4, 0.5) is 11.4 Å². The van der Waals surface area contributed by atoms with Crippen molar-refractivity contribution < 1.29 is 14.6 Å². The van der Waals surface area contributed by atoms with Crippen molar-refractivity contribution in [2.24, 2.45) is 0 Å². The number of ether oxygens (including phenoxy) is 1. The normalized spacial score (nSPS) is 13.6. The number of morpholine rings is 1. The van der Waals surface area contributed by atoms with Crippen LogP contribution in [0.15, 0.2) is 36.4 Å². The lowest BCUT2D eigenvalue weighted by molar-refractivity contribution is 0.0941. The van der Waals surface area contributed by atoms with Gasteiger partial charge in [-0.1, -0.05) is 13.8 Å². The number of anilines is 2. The third-order valence-electron chi connectivity index (χ3n) is 5.97. The SMILES string of the molecule is CCCNC(=O)c1nnc(-c2cc(C(=N)CC)c(N)cc2O)n1-c1ccc(N2CCOCC2)cc1. The average Bonchev–Trinajstić information content (AvgIpc) is 3.32. The molecule has 2 heterocycles. The molecule has 1 aliphatic rings. The monoisotopic (exact) mass is 477 g/mol. The first kappa shape index (κ1) is 24.2. The summed E-state index contributed by atoms with van der Waals surface area (Å²) in [6, 6.07) is 10.8. The molecule has 0 atom stereocenters. The molecule has 1 fully saturated rings. The van der Waals surface area contributed by atoms with Gasteiger partial charge in [-0.15, -0.1) is 10.2 Å². The molecule has 1 saturated heterocycles. The van der Waals surface area contributed by atoms with Crippen LogP contribution in [0.1, 0.15) is 42.9 Å². The predicted octanol–water partition coefficient (Wildman–Crippen LogP) is 2.98. The van der Waals surface area contributed by atoms with Crippen molar-refractivity contribution in [1.29, 1.82) is 5.41 Å². The Morgan fingerprint density at radius 3 is 2.49 bits per heavy atom. The number of benzene rings is 2. The molecule has 0 radical (unpaired) electrons. The van der Waals surface area contributed by atoms with Crippen molar-refractivity contribution in [3.8, 4) is 22.8 Å². The van der Waals surface area contributed by atoms with Gasteiger partial charge in [-0.05, 0) is 43.2 Å². The Labute approximate surface area is 204 Å². The second-order valence-corrected chi connectivity index (χ2v) is 8.34. The molecule has 2 aromatic carbocycles. The largest absolute Gasteiger partial charge is 0.507 e. The van der Waals surface area contributed by atoms with E-state index in [1.54, 1.807) is 10.6 Å². The third-order valence-corrected chi connectivity index (χ3v) is 5.97. The minimum Gasteiger partial charge on any atom is -0.507 e. The second-order valence-electron chi connectivity index (χ2n) is 8.34. The van der Waals surface area contributed by atoms with Crippen molar-refractivity contribution in [1.82, 2.24) is 20.1 Å². The summed E-state index contributed by atoms with van der Waals surface area (Å²) in [6.07, 6.45) is 1.26. The smallest absolute Gasteiger partial charge is 0.289 e. The molecule has 5 N–H and O–H groups in total. The molecule has 0 bridgehead atoms. The van der Waals surface area contributed by atoms with E-state index >= 15 is 0 Å². The lowest BCUT2D eigenvalue weighted by Crippen LogP contribution is -2.36. The number of carbonyl (C=O) groups excluding carboxylic acids is 1. The molecule has 4 rings (SSSR count). The maximum atomic E-state index is 12.9. The van der Waals surface area contributed by atoms with Crippen LogP contribution in [0.5, 0.6) is 5.75 Å². The molecular formula is C25H31N7O3. The van der Waals surface area contributed by atoms with E-state index in [1.807, 2.05) is 38.1 Å². The van der Waals surface area contributed by atoms with E-state index in [4.69, 9.17) is 15.9 Å². The van der Waals surface area contributed by atoms with E-state index in [9.17, 15) is 9.90 Å². The number of aromatic nitrogens is 3. The van der Waals surface area contributed by atoms with Crippen molar-refractivity contribution >= 4 is 23.0 Å². The van der Waals surface area contributed by atoms with Gasteiger partial charge >= 0.3 is 0 Å². The highest BCUT2D eigenvalue weighted by molar-refractivity contribution is 6.04. The molecule has 10 heteroatoms. The molecule has 1 aromatic heterocycles. The minimum absolute atomic E-state index is 0.103. The average molecular weight is 478 g/mol. The number of hydrogen-bond donors (Lipinski definition) is 4. The number of nitrogens with two attached hydrogens (primary N) is 1. The van der Waals surface area contributed by atoms with E-state index in [1.165, 1.54) is 6.07 Å². The molecule has 35 heavy (non-hydrogen) atoms. The molecule has 1 amide bonds. The van der Waals surface area contributed by atoms with Crippen molar-refractivity contribution in [3.63, 3.8) is 0 Å². The second kappa shape index (κ2) is 10.6. The zero-order valence-electron chi connectivity index (χ0n) is 20.0. The zero-order chi connectivity index (χ0) is 24.9. The summed E-state index contributed by atoms with van der Waals surface area (Å²) < 4.78 is 7.07. The quantitative estimate of drug-likeness (QED) is 0.288. The number of phenols is 1. The van der Waals surface area contributed by atoms with Crippen LogP contribution in [-0.4, -0.2) is 64.3 Å². The van der Waals surface area contributed by atoms with Gasteiger partial charge in [-0.25, -0.2) is 0 Å². The fourth-order valence-corrected chi connectivity index (χ4v) is 4.04. The Kier molecular flexibility index (Phi) is 7.31. The predicted molar refractivity (Wildman–Crippen MR) is 136 cm³/mol. The van der Waals surface area contributed by atoms with Crippen LogP contribution in [0.25, 0.3) is 17.1 Å². The number of amides is 1. The van der Waals surface area contributed by atoms with E-state index < -0.39 is 0 Å². The van der Waals surface area contributed by atoms with Gasteiger partial charge in [0.1, 0.15) is 5.75 Å². The highest BCUT2D eigenvalue weighted by atomic mass is 16.5. The number of aromatic hydroxyl groups is 1. The molecule has 10 nitrogen and oxygen atoms in total. The van der Waals surface area contributed by atoms with Gasteiger partial charge < -0.3 is 31.2 Å². The summed E-state index contributed by atoms with van der Waals surface area (Å²) in [5.74, 6) is -0.0714. The van der Waals surface area contributed by atoms with Gasteiger partial charge in [0.05, 0.1) is 18.8 Å². The number of nitrogen functional groups attached to an aromatic ring is 1. The summed E-state index contributed by atoms with van der Waals surface area (Å²) in [5.41, 5.74) is 9.29. The summed E-state index contributed by atoms with van der Waals surface area (Å²) in [4.78, 5) is 15.2. The third kappa shape index (κ3) is 4.97. The van der Waals surface area contributed by atoms with Gasteiger partial charge in [0, 0.05) is 54.0 Å².